The molecule has 5 rings (SSSR count). The van der Waals surface area contributed by atoms with Gasteiger partial charge in [0.1, 0.15) is 0 Å². The van der Waals surface area contributed by atoms with Crippen LogP contribution < -0.4 is 10.2 Å². The number of carbonyl (C=O) groups is 2. The number of rotatable bonds is 8. The van der Waals surface area contributed by atoms with Gasteiger partial charge in [-0.1, -0.05) is 48.9 Å². The first kappa shape index (κ1) is 24.5. The second-order valence-corrected chi connectivity index (χ2v) is 12.1. The van der Waals surface area contributed by atoms with Gasteiger partial charge >= 0.3 is 0 Å². The monoisotopic (exact) mass is 522 g/mol. The molecule has 6 nitrogen and oxygen atoms in total. The molecule has 2 unspecified atom stereocenters. The summed E-state index contributed by atoms with van der Waals surface area (Å²) in [5.41, 5.74) is 3.22. The quantitative estimate of drug-likeness (QED) is 0.400. The van der Waals surface area contributed by atoms with Gasteiger partial charge in [0.15, 0.2) is 9.84 Å². The van der Waals surface area contributed by atoms with Crippen molar-refractivity contribution in [3.8, 4) is 0 Å². The highest BCUT2D eigenvalue weighted by molar-refractivity contribution is 7.91. The fraction of sp³-hybridized carbons (Fsp3) is 0.286. The van der Waals surface area contributed by atoms with Gasteiger partial charge in [-0.05, 0) is 72.4 Å². The summed E-state index contributed by atoms with van der Waals surface area (Å²) in [4.78, 5) is 27.7. The standard InChI is InChI=1S/C28H27ClN2O4S/c1-2-36(34,35)24-14-6-18(7-15-24)16-25(32)30-22-12-10-20(11-13-22)27-26(19-8-9-19)28(33)31(27)23-5-3-4-21(29)17-23/h3-7,10-15,17,19,26-27H,2,8-9,16H2,1H3,(H,30,32). The van der Waals surface area contributed by atoms with Gasteiger partial charge in [-0.3, -0.25) is 9.59 Å². The van der Waals surface area contributed by atoms with Crippen LogP contribution in [-0.2, 0) is 25.8 Å². The summed E-state index contributed by atoms with van der Waals surface area (Å²) in [5, 5.41) is 3.49. The SMILES string of the molecule is CCS(=O)(=O)c1ccc(CC(=O)Nc2ccc(C3C(C4CC4)C(=O)N3c3cccc(Cl)c3)cc2)cc1. The third-order valence-electron chi connectivity index (χ3n) is 6.92. The number of sulfone groups is 1. The minimum absolute atomic E-state index is 0.0242. The van der Waals surface area contributed by atoms with Gasteiger partial charge in [-0.2, -0.15) is 0 Å². The van der Waals surface area contributed by atoms with Gasteiger partial charge in [0.25, 0.3) is 0 Å². The van der Waals surface area contributed by atoms with Crippen molar-refractivity contribution in [1.29, 1.82) is 0 Å². The molecular weight excluding hydrogens is 496 g/mol. The maximum atomic E-state index is 13.0. The first-order chi connectivity index (χ1) is 17.3. The lowest BCUT2D eigenvalue weighted by molar-refractivity contribution is -0.131. The van der Waals surface area contributed by atoms with Crippen LogP contribution in [0, 0.1) is 11.8 Å². The van der Waals surface area contributed by atoms with Crippen LogP contribution in [0.3, 0.4) is 0 Å². The number of nitrogens with zero attached hydrogens (tertiary/aromatic N) is 1. The van der Waals surface area contributed by atoms with Crippen molar-refractivity contribution < 1.29 is 18.0 Å². The van der Waals surface area contributed by atoms with E-state index in [1.54, 1.807) is 25.1 Å². The molecule has 1 saturated heterocycles. The zero-order chi connectivity index (χ0) is 25.4. The maximum absolute atomic E-state index is 13.0. The van der Waals surface area contributed by atoms with E-state index in [0.717, 1.165) is 29.7 Å². The molecule has 1 saturated carbocycles. The summed E-state index contributed by atoms with van der Waals surface area (Å²) in [6, 6.07) is 21.4. The van der Waals surface area contributed by atoms with Gasteiger partial charge < -0.3 is 10.2 Å². The summed E-state index contributed by atoms with van der Waals surface area (Å²) < 4.78 is 23.9. The Hall–Kier alpha value is -3.16. The predicted octanol–water partition coefficient (Wildman–Crippen LogP) is 5.43. The second-order valence-electron chi connectivity index (χ2n) is 9.39. The lowest BCUT2D eigenvalue weighted by Crippen LogP contribution is -2.56. The molecule has 1 N–H and O–H groups in total. The Morgan fingerprint density at radius 2 is 1.72 bits per heavy atom. The highest BCUT2D eigenvalue weighted by Crippen LogP contribution is 2.54. The lowest BCUT2D eigenvalue weighted by atomic mass is 9.78. The van der Waals surface area contributed by atoms with E-state index < -0.39 is 9.84 Å². The zero-order valence-corrected chi connectivity index (χ0v) is 21.4. The van der Waals surface area contributed by atoms with Crippen molar-refractivity contribution in [2.45, 2.75) is 37.1 Å². The van der Waals surface area contributed by atoms with Crippen molar-refractivity contribution in [3.05, 3.63) is 88.9 Å². The Bertz CT molecular complexity index is 1400. The number of hydrogen-bond acceptors (Lipinski definition) is 4. The molecule has 0 radical (unpaired) electrons. The molecule has 2 aliphatic rings. The molecule has 36 heavy (non-hydrogen) atoms. The van der Waals surface area contributed by atoms with Gasteiger partial charge in [-0.15, -0.1) is 0 Å². The van der Waals surface area contributed by atoms with Crippen LogP contribution in [-0.4, -0.2) is 26.0 Å². The van der Waals surface area contributed by atoms with Crippen LogP contribution in [0.2, 0.25) is 5.02 Å². The van der Waals surface area contributed by atoms with E-state index in [2.05, 4.69) is 5.32 Å². The van der Waals surface area contributed by atoms with E-state index in [-0.39, 0.29) is 40.8 Å². The molecule has 2 fully saturated rings. The highest BCUT2D eigenvalue weighted by atomic mass is 35.5. The number of halogens is 1. The van der Waals surface area contributed by atoms with E-state index in [1.165, 1.54) is 12.1 Å². The summed E-state index contributed by atoms with van der Waals surface area (Å²) in [7, 11) is -3.27. The summed E-state index contributed by atoms with van der Waals surface area (Å²) in [6.45, 7) is 1.60. The molecule has 0 aromatic heterocycles. The van der Waals surface area contributed by atoms with Crippen LogP contribution in [0.5, 0.6) is 0 Å². The lowest BCUT2D eigenvalue weighted by Gasteiger charge is -2.48. The summed E-state index contributed by atoms with van der Waals surface area (Å²) in [5.74, 6) is 0.389. The molecule has 1 aliphatic heterocycles. The Balaban J connectivity index is 1.27. The van der Waals surface area contributed by atoms with E-state index in [1.807, 2.05) is 47.4 Å². The highest BCUT2D eigenvalue weighted by Gasteiger charge is 2.55. The van der Waals surface area contributed by atoms with Crippen LogP contribution >= 0.6 is 11.6 Å². The van der Waals surface area contributed by atoms with Gasteiger partial charge in [0.05, 0.1) is 29.0 Å². The van der Waals surface area contributed by atoms with Gasteiger partial charge in [-0.25, -0.2) is 8.42 Å². The molecule has 2 amide bonds. The average molecular weight is 523 g/mol. The molecule has 0 bridgehead atoms. The molecule has 0 spiro atoms. The van der Waals surface area contributed by atoms with Crippen molar-refractivity contribution >= 4 is 44.6 Å². The molecule has 186 valence electrons. The van der Waals surface area contributed by atoms with Gasteiger partial charge in [0.2, 0.25) is 11.8 Å². The number of nitrogens with one attached hydrogen (secondary N) is 1. The minimum atomic E-state index is -3.27. The largest absolute Gasteiger partial charge is 0.326 e. The molecule has 1 heterocycles. The van der Waals surface area contributed by atoms with E-state index >= 15 is 0 Å². The average Bonchev–Trinajstić information content (AvgIpc) is 3.68. The van der Waals surface area contributed by atoms with Crippen molar-refractivity contribution in [2.24, 2.45) is 11.8 Å². The summed E-state index contributed by atoms with van der Waals surface area (Å²) >= 11 is 6.18. The first-order valence-corrected chi connectivity index (χ1v) is 14.1. The van der Waals surface area contributed by atoms with Crippen LogP contribution in [0.1, 0.15) is 36.9 Å². The predicted molar refractivity (Wildman–Crippen MR) is 141 cm³/mol. The van der Waals surface area contributed by atoms with Crippen LogP contribution in [0.25, 0.3) is 0 Å². The topological polar surface area (TPSA) is 83.5 Å². The van der Waals surface area contributed by atoms with E-state index in [0.29, 0.717) is 16.6 Å². The Labute approximate surface area is 216 Å². The minimum Gasteiger partial charge on any atom is -0.326 e. The Kier molecular flexibility index (Phi) is 6.62. The molecule has 3 aromatic rings. The second kappa shape index (κ2) is 9.71. The van der Waals surface area contributed by atoms with Crippen LogP contribution in [0.4, 0.5) is 11.4 Å². The molecular formula is C28H27ClN2O4S. The smallest absolute Gasteiger partial charge is 0.233 e. The fourth-order valence-corrected chi connectivity index (χ4v) is 5.90. The number of anilines is 2. The number of β-lactam (4-membered cyclic amide) rings is 1. The number of carbonyl (C=O) groups excluding carboxylic acids is 2. The van der Waals surface area contributed by atoms with Crippen LogP contribution in [0.15, 0.2) is 77.7 Å². The zero-order valence-electron chi connectivity index (χ0n) is 19.9. The van der Waals surface area contributed by atoms with E-state index in [4.69, 9.17) is 11.6 Å². The normalized spacial score (nSPS) is 19.6. The van der Waals surface area contributed by atoms with E-state index in [9.17, 15) is 18.0 Å². The third-order valence-corrected chi connectivity index (χ3v) is 8.91. The first-order valence-electron chi connectivity index (χ1n) is 12.1. The number of hydrogen-bond donors (Lipinski definition) is 1. The molecule has 3 aromatic carbocycles. The Morgan fingerprint density at radius 3 is 2.33 bits per heavy atom. The number of benzene rings is 3. The summed E-state index contributed by atoms with van der Waals surface area (Å²) in [6.07, 6.45) is 2.29. The van der Waals surface area contributed by atoms with Crippen molar-refractivity contribution in [3.63, 3.8) is 0 Å². The molecule has 1 aliphatic carbocycles. The molecule has 2 atom stereocenters. The fourth-order valence-electron chi connectivity index (χ4n) is 4.83. The molecule has 8 heteroatoms. The van der Waals surface area contributed by atoms with Gasteiger partial charge in [0, 0.05) is 16.4 Å². The van der Waals surface area contributed by atoms with Crippen molar-refractivity contribution in [1.82, 2.24) is 0 Å². The maximum Gasteiger partial charge on any atom is 0.233 e. The Morgan fingerprint density at radius 1 is 1.03 bits per heavy atom. The van der Waals surface area contributed by atoms with Crippen molar-refractivity contribution in [2.75, 3.05) is 16.0 Å². The number of amides is 2. The third kappa shape index (κ3) is 4.90.